The Balaban J connectivity index is 1.48. The van der Waals surface area contributed by atoms with Gasteiger partial charge in [-0.05, 0) is 55.3 Å². The number of morpholine rings is 1. The summed E-state index contributed by atoms with van der Waals surface area (Å²) in [4.78, 5) is 13.0. The van der Waals surface area contributed by atoms with Crippen molar-refractivity contribution < 1.29 is 18.1 Å². The van der Waals surface area contributed by atoms with Crippen LogP contribution in [0.4, 0.5) is 22.7 Å². The molecule has 1 aliphatic rings. The maximum Gasteiger partial charge on any atom is 0.295 e. The van der Waals surface area contributed by atoms with Crippen molar-refractivity contribution in [3.63, 3.8) is 0 Å². The highest BCUT2D eigenvalue weighted by molar-refractivity contribution is 7.92. The summed E-state index contributed by atoms with van der Waals surface area (Å²) < 4.78 is 33.6. The zero-order valence-electron chi connectivity index (χ0n) is 20.0. The predicted octanol–water partition coefficient (Wildman–Crippen LogP) is 4.30. The van der Waals surface area contributed by atoms with Gasteiger partial charge in [-0.1, -0.05) is 29.8 Å². The van der Waals surface area contributed by atoms with Crippen molar-refractivity contribution in [2.75, 3.05) is 41.4 Å². The average molecular weight is 510 g/mol. The van der Waals surface area contributed by atoms with E-state index in [9.17, 15) is 18.5 Å². The van der Waals surface area contributed by atoms with Gasteiger partial charge in [0.05, 0.1) is 34.9 Å². The van der Waals surface area contributed by atoms with Crippen molar-refractivity contribution in [2.24, 2.45) is 5.10 Å². The van der Waals surface area contributed by atoms with E-state index < -0.39 is 20.6 Å². The fraction of sp³-hybridized carbons (Fsp3) is 0.240. The molecule has 0 amide bonds. The van der Waals surface area contributed by atoms with Crippen molar-refractivity contribution in [3.05, 3.63) is 87.5 Å². The van der Waals surface area contributed by atoms with Crippen LogP contribution in [0.25, 0.3) is 0 Å². The van der Waals surface area contributed by atoms with E-state index in [0.29, 0.717) is 18.9 Å². The lowest BCUT2D eigenvalue weighted by atomic mass is 10.1. The van der Waals surface area contributed by atoms with E-state index >= 15 is 0 Å². The second-order valence-electron chi connectivity index (χ2n) is 8.42. The molecule has 0 aliphatic carbocycles. The van der Waals surface area contributed by atoms with E-state index in [0.717, 1.165) is 41.5 Å². The number of ether oxygens (including phenoxy) is 1. The second-order valence-corrected chi connectivity index (χ2v) is 10.1. The Kier molecular flexibility index (Phi) is 7.51. The molecule has 3 aromatic rings. The summed E-state index contributed by atoms with van der Waals surface area (Å²) in [6.07, 6.45) is 1.54. The SMILES string of the molecule is Cc1ccc(NS(=O)(=O)c2ccc(NN=Cc3ccc(N4CCOCC4)cc3)c([N+](=O)[O-])c2)c(C)c1. The number of nitrogens with zero attached hydrogens (tertiary/aromatic N) is 3. The number of nitro benzene ring substituents is 1. The molecule has 4 rings (SSSR count). The molecule has 1 aliphatic heterocycles. The van der Waals surface area contributed by atoms with Gasteiger partial charge in [-0.3, -0.25) is 20.3 Å². The Morgan fingerprint density at radius 3 is 2.36 bits per heavy atom. The van der Waals surface area contributed by atoms with E-state index in [2.05, 4.69) is 20.1 Å². The van der Waals surface area contributed by atoms with Gasteiger partial charge in [0, 0.05) is 24.8 Å². The van der Waals surface area contributed by atoms with Gasteiger partial charge in [-0.2, -0.15) is 5.10 Å². The van der Waals surface area contributed by atoms with E-state index in [4.69, 9.17) is 4.74 Å². The Labute approximate surface area is 209 Å². The van der Waals surface area contributed by atoms with Crippen LogP contribution in [-0.2, 0) is 14.8 Å². The average Bonchev–Trinajstić information content (AvgIpc) is 2.86. The lowest BCUT2D eigenvalue weighted by Crippen LogP contribution is -2.36. The Bertz CT molecular complexity index is 1380. The first kappa shape index (κ1) is 25.1. The van der Waals surface area contributed by atoms with Crippen LogP contribution in [0.1, 0.15) is 16.7 Å². The normalized spacial score (nSPS) is 14.1. The fourth-order valence-corrected chi connectivity index (χ4v) is 4.98. The van der Waals surface area contributed by atoms with Crippen LogP contribution in [0.15, 0.2) is 70.7 Å². The molecule has 0 bridgehead atoms. The summed E-state index contributed by atoms with van der Waals surface area (Å²) >= 11 is 0. The minimum atomic E-state index is -4.03. The molecule has 0 unspecified atom stereocenters. The Morgan fingerprint density at radius 1 is 1.00 bits per heavy atom. The van der Waals surface area contributed by atoms with Gasteiger partial charge in [-0.15, -0.1) is 0 Å². The highest BCUT2D eigenvalue weighted by Crippen LogP contribution is 2.29. The van der Waals surface area contributed by atoms with Gasteiger partial charge in [-0.25, -0.2) is 8.42 Å². The summed E-state index contributed by atoms with van der Waals surface area (Å²) in [5, 5.41) is 15.8. The molecule has 0 atom stereocenters. The summed E-state index contributed by atoms with van der Waals surface area (Å²) in [7, 11) is -4.03. The number of hydrogen-bond acceptors (Lipinski definition) is 8. The molecule has 10 nitrogen and oxygen atoms in total. The number of aryl methyl sites for hydroxylation is 2. The third-order valence-electron chi connectivity index (χ3n) is 5.77. The quantitative estimate of drug-likeness (QED) is 0.263. The zero-order valence-corrected chi connectivity index (χ0v) is 20.8. The summed E-state index contributed by atoms with van der Waals surface area (Å²) in [6, 6.07) is 16.7. The first-order chi connectivity index (χ1) is 17.2. The van der Waals surface area contributed by atoms with Crippen LogP contribution in [0.3, 0.4) is 0 Å². The number of hydrazone groups is 1. The standard InChI is InChI=1S/C25H27N5O5S/c1-18-3-9-23(19(2)15-18)28-36(33,34)22-8-10-24(25(16-22)30(31)32)27-26-17-20-4-6-21(7-5-20)29-11-13-35-14-12-29/h3-10,15-17,27-28H,11-14H2,1-2H3. The summed E-state index contributed by atoms with van der Waals surface area (Å²) in [6.45, 7) is 6.77. The highest BCUT2D eigenvalue weighted by Gasteiger charge is 2.22. The molecule has 0 saturated carbocycles. The molecule has 2 N–H and O–H groups in total. The number of rotatable bonds is 8. The Hall–Kier alpha value is -3.96. The topological polar surface area (TPSA) is 126 Å². The lowest BCUT2D eigenvalue weighted by molar-refractivity contribution is -0.384. The molecule has 36 heavy (non-hydrogen) atoms. The van der Waals surface area contributed by atoms with Crippen LogP contribution in [0.5, 0.6) is 0 Å². The molecule has 0 spiro atoms. The maximum atomic E-state index is 12.9. The van der Waals surface area contributed by atoms with Crippen molar-refractivity contribution >= 4 is 39.0 Å². The largest absolute Gasteiger partial charge is 0.378 e. The summed E-state index contributed by atoms with van der Waals surface area (Å²) in [5.41, 5.74) is 6.37. The smallest absolute Gasteiger partial charge is 0.295 e. The van der Waals surface area contributed by atoms with Gasteiger partial charge >= 0.3 is 0 Å². The number of hydrogen-bond donors (Lipinski definition) is 2. The molecule has 188 valence electrons. The van der Waals surface area contributed by atoms with Crippen LogP contribution < -0.4 is 15.0 Å². The van der Waals surface area contributed by atoms with Crippen molar-refractivity contribution in [1.29, 1.82) is 0 Å². The fourth-order valence-electron chi connectivity index (χ4n) is 3.83. The van der Waals surface area contributed by atoms with E-state index in [1.807, 2.05) is 37.3 Å². The maximum absolute atomic E-state index is 12.9. The van der Waals surface area contributed by atoms with Crippen LogP contribution in [0.2, 0.25) is 0 Å². The van der Waals surface area contributed by atoms with Gasteiger partial charge in [0.25, 0.3) is 15.7 Å². The number of benzene rings is 3. The second kappa shape index (κ2) is 10.8. The van der Waals surface area contributed by atoms with Gasteiger partial charge in [0.15, 0.2) is 0 Å². The van der Waals surface area contributed by atoms with Crippen LogP contribution in [0, 0.1) is 24.0 Å². The third kappa shape index (κ3) is 5.99. The molecule has 0 aromatic heterocycles. The molecule has 1 saturated heterocycles. The molecular weight excluding hydrogens is 482 g/mol. The van der Waals surface area contributed by atoms with E-state index in [1.165, 1.54) is 12.1 Å². The molecule has 3 aromatic carbocycles. The lowest BCUT2D eigenvalue weighted by Gasteiger charge is -2.28. The first-order valence-electron chi connectivity index (χ1n) is 11.3. The predicted molar refractivity (Wildman–Crippen MR) is 141 cm³/mol. The molecule has 11 heteroatoms. The van der Waals surface area contributed by atoms with Gasteiger partial charge < -0.3 is 9.64 Å². The number of nitro groups is 1. The van der Waals surface area contributed by atoms with E-state index in [-0.39, 0.29) is 10.6 Å². The minimum Gasteiger partial charge on any atom is -0.378 e. The van der Waals surface area contributed by atoms with Crippen molar-refractivity contribution in [2.45, 2.75) is 18.7 Å². The van der Waals surface area contributed by atoms with Crippen molar-refractivity contribution in [1.82, 2.24) is 0 Å². The molecule has 1 fully saturated rings. The number of anilines is 3. The molecule has 0 radical (unpaired) electrons. The van der Waals surface area contributed by atoms with Crippen LogP contribution in [-0.4, -0.2) is 45.9 Å². The van der Waals surface area contributed by atoms with Gasteiger partial charge in [0.1, 0.15) is 5.69 Å². The van der Waals surface area contributed by atoms with E-state index in [1.54, 1.807) is 25.3 Å². The third-order valence-corrected chi connectivity index (χ3v) is 7.13. The Morgan fingerprint density at radius 2 is 1.69 bits per heavy atom. The number of nitrogens with one attached hydrogen (secondary N) is 2. The monoisotopic (exact) mass is 509 g/mol. The zero-order chi connectivity index (χ0) is 25.7. The first-order valence-corrected chi connectivity index (χ1v) is 12.8. The van der Waals surface area contributed by atoms with Crippen LogP contribution >= 0.6 is 0 Å². The summed E-state index contributed by atoms with van der Waals surface area (Å²) in [5.74, 6) is 0. The molecular formula is C25H27N5O5S. The minimum absolute atomic E-state index is 0.0756. The number of sulfonamides is 1. The van der Waals surface area contributed by atoms with Gasteiger partial charge in [0.2, 0.25) is 0 Å². The molecule has 1 heterocycles. The highest BCUT2D eigenvalue weighted by atomic mass is 32.2. The van der Waals surface area contributed by atoms with Crippen molar-refractivity contribution in [3.8, 4) is 0 Å².